The number of hydrogen-bond acceptors (Lipinski definition) is 5. The van der Waals surface area contributed by atoms with E-state index >= 15 is 0 Å². The second-order valence-electron chi connectivity index (χ2n) is 7.58. The Morgan fingerprint density at radius 1 is 1.23 bits per heavy atom. The summed E-state index contributed by atoms with van der Waals surface area (Å²) in [6, 6.07) is 10.5. The van der Waals surface area contributed by atoms with Gasteiger partial charge in [0.2, 0.25) is 15.9 Å². The van der Waals surface area contributed by atoms with E-state index in [0.717, 1.165) is 24.1 Å². The summed E-state index contributed by atoms with van der Waals surface area (Å²) in [5.41, 5.74) is 3.35. The molecule has 0 spiro atoms. The number of nitriles is 1. The molecule has 0 unspecified atom stereocenters. The van der Waals surface area contributed by atoms with Gasteiger partial charge in [0.15, 0.2) is 0 Å². The fraction of sp³-hybridized carbons (Fsp3) is 0.429. The van der Waals surface area contributed by atoms with Crippen molar-refractivity contribution in [3.63, 3.8) is 0 Å². The normalized spacial score (nSPS) is 15.7. The lowest BCUT2D eigenvalue weighted by atomic mass is 10.1. The van der Waals surface area contributed by atoms with Gasteiger partial charge < -0.3 is 15.2 Å². The quantitative estimate of drug-likeness (QED) is 0.731. The van der Waals surface area contributed by atoms with Crippen LogP contribution in [0.2, 0.25) is 0 Å². The Balaban J connectivity index is 1.57. The van der Waals surface area contributed by atoms with E-state index in [1.165, 1.54) is 23.4 Å². The summed E-state index contributed by atoms with van der Waals surface area (Å²) in [7, 11) is -1.68. The first-order valence-corrected chi connectivity index (χ1v) is 11.3. The molecule has 0 radical (unpaired) electrons. The molecule has 1 aliphatic heterocycles. The summed E-state index contributed by atoms with van der Waals surface area (Å²) in [5.74, 6) is -0.199. The van der Waals surface area contributed by atoms with Gasteiger partial charge in [-0.3, -0.25) is 4.79 Å². The largest absolute Gasteiger partial charge is 0.340 e. The van der Waals surface area contributed by atoms with Gasteiger partial charge >= 0.3 is 0 Å². The molecule has 9 heteroatoms. The first-order chi connectivity index (χ1) is 14.2. The predicted molar refractivity (Wildman–Crippen MR) is 114 cm³/mol. The molecule has 0 aliphatic carbocycles. The molecule has 1 aromatic heterocycles. The second kappa shape index (κ2) is 9.00. The Kier molecular flexibility index (Phi) is 6.61. The van der Waals surface area contributed by atoms with E-state index in [1.54, 1.807) is 12.1 Å². The molecule has 0 atom stereocenters. The van der Waals surface area contributed by atoms with E-state index in [-0.39, 0.29) is 16.8 Å². The number of carbonyl (C=O) groups excluding carboxylic acids is 1. The fourth-order valence-corrected chi connectivity index (χ4v) is 5.14. The monoisotopic (exact) mass is 429 g/mol. The number of sulfonamides is 1. The minimum absolute atomic E-state index is 0.199. The predicted octanol–water partition coefficient (Wildman–Crippen LogP) is 2.11. The third-order valence-corrected chi connectivity index (χ3v) is 7.52. The third kappa shape index (κ3) is 4.73. The average Bonchev–Trinajstić information content (AvgIpc) is 3.00. The van der Waals surface area contributed by atoms with Crippen molar-refractivity contribution < 1.29 is 13.2 Å². The molecule has 2 aromatic rings. The summed E-state index contributed by atoms with van der Waals surface area (Å²) in [5, 5.41) is 15.3. The Morgan fingerprint density at radius 2 is 1.87 bits per heavy atom. The minimum atomic E-state index is -3.56. The molecule has 8 nitrogen and oxygen atoms in total. The molecular weight excluding hydrogens is 402 g/mol. The van der Waals surface area contributed by atoms with Crippen molar-refractivity contribution in [1.29, 1.82) is 5.26 Å². The number of carbonyl (C=O) groups is 1. The van der Waals surface area contributed by atoms with Gasteiger partial charge in [0, 0.05) is 51.0 Å². The van der Waals surface area contributed by atoms with Gasteiger partial charge in [0.05, 0.1) is 4.90 Å². The van der Waals surface area contributed by atoms with Crippen molar-refractivity contribution in [2.45, 2.75) is 44.2 Å². The third-order valence-electron chi connectivity index (χ3n) is 5.60. The first-order valence-electron chi connectivity index (χ1n) is 9.89. The second-order valence-corrected chi connectivity index (χ2v) is 9.51. The van der Waals surface area contributed by atoms with Gasteiger partial charge in [-0.2, -0.15) is 9.57 Å². The van der Waals surface area contributed by atoms with Crippen LogP contribution in [0.5, 0.6) is 0 Å². The molecule has 3 rings (SSSR count). The number of aromatic nitrogens is 1. The van der Waals surface area contributed by atoms with Crippen LogP contribution in [0.3, 0.4) is 0 Å². The van der Waals surface area contributed by atoms with E-state index in [0.29, 0.717) is 31.0 Å². The SMILES string of the molecule is CC(=O)Nc1ccc(S(=O)(=O)N2CCC(NCc3cc(C#N)n(C)c3C)CC2)cc1. The highest BCUT2D eigenvalue weighted by atomic mass is 32.2. The molecular formula is C21H27N5O3S. The molecule has 160 valence electrons. The maximum atomic E-state index is 12.9. The lowest BCUT2D eigenvalue weighted by molar-refractivity contribution is -0.114. The van der Waals surface area contributed by atoms with Gasteiger partial charge in [0.25, 0.3) is 0 Å². The zero-order valence-electron chi connectivity index (χ0n) is 17.5. The zero-order chi connectivity index (χ0) is 21.9. The van der Waals surface area contributed by atoms with Gasteiger partial charge in [-0.15, -0.1) is 0 Å². The smallest absolute Gasteiger partial charge is 0.243 e. The van der Waals surface area contributed by atoms with E-state index in [4.69, 9.17) is 5.26 Å². The van der Waals surface area contributed by atoms with Crippen molar-refractivity contribution >= 4 is 21.6 Å². The Labute approximate surface area is 177 Å². The molecule has 1 saturated heterocycles. The van der Waals surface area contributed by atoms with Crippen LogP contribution in [-0.4, -0.2) is 42.3 Å². The average molecular weight is 430 g/mol. The van der Waals surface area contributed by atoms with Crippen LogP contribution in [0.15, 0.2) is 35.2 Å². The van der Waals surface area contributed by atoms with Crippen molar-refractivity contribution in [3.05, 3.63) is 47.3 Å². The maximum Gasteiger partial charge on any atom is 0.243 e. The number of nitrogens with zero attached hydrogens (tertiary/aromatic N) is 3. The number of benzene rings is 1. The standard InChI is InChI=1S/C21H27N5O3S/c1-15-17(12-20(13-22)25(15)3)14-23-18-8-10-26(11-9-18)30(28,29)21-6-4-19(5-7-21)24-16(2)27/h4-7,12,18,23H,8-11,14H2,1-3H3,(H,24,27). The first kappa shape index (κ1) is 22.0. The van der Waals surface area contributed by atoms with Crippen molar-refractivity contribution in [2.75, 3.05) is 18.4 Å². The van der Waals surface area contributed by atoms with E-state index in [9.17, 15) is 13.2 Å². The number of hydrogen-bond donors (Lipinski definition) is 2. The molecule has 1 aliphatic rings. The summed E-state index contributed by atoms with van der Waals surface area (Å²) in [6.45, 7) is 4.95. The highest BCUT2D eigenvalue weighted by Gasteiger charge is 2.29. The Bertz CT molecular complexity index is 1060. The molecule has 2 heterocycles. The van der Waals surface area contributed by atoms with Crippen LogP contribution < -0.4 is 10.6 Å². The molecule has 30 heavy (non-hydrogen) atoms. The van der Waals surface area contributed by atoms with Gasteiger partial charge in [-0.05, 0) is 55.7 Å². The highest BCUT2D eigenvalue weighted by molar-refractivity contribution is 7.89. The van der Waals surface area contributed by atoms with Crippen LogP contribution >= 0.6 is 0 Å². The van der Waals surface area contributed by atoms with Crippen LogP contribution in [-0.2, 0) is 28.4 Å². The number of rotatable bonds is 6. The lowest BCUT2D eigenvalue weighted by Crippen LogP contribution is -2.44. The number of amides is 1. The summed E-state index contributed by atoms with van der Waals surface area (Å²) < 4.78 is 29.2. The van der Waals surface area contributed by atoms with Gasteiger partial charge in [0.1, 0.15) is 11.8 Å². The van der Waals surface area contributed by atoms with Crippen LogP contribution in [0.1, 0.15) is 36.7 Å². The molecule has 2 N–H and O–H groups in total. The number of nitrogens with one attached hydrogen (secondary N) is 2. The number of piperidine rings is 1. The minimum Gasteiger partial charge on any atom is -0.340 e. The highest BCUT2D eigenvalue weighted by Crippen LogP contribution is 2.23. The molecule has 1 aromatic carbocycles. The van der Waals surface area contributed by atoms with Crippen molar-refractivity contribution in [1.82, 2.24) is 14.2 Å². The molecule has 1 amide bonds. The maximum absolute atomic E-state index is 12.9. The van der Waals surface area contributed by atoms with Crippen LogP contribution in [0.4, 0.5) is 5.69 Å². The molecule has 0 saturated carbocycles. The summed E-state index contributed by atoms with van der Waals surface area (Å²) in [4.78, 5) is 11.3. The molecule has 1 fully saturated rings. The molecule has 0 bridgehead atoms. The zero-order valence-corrected chi connectivity index (χ0v) is 18.3. The van der Waals surface area contributed by atoms with E-state index < -0.39 is 10.0 Å². The number of anilines is 1. The Hall–Kier alpha value is -2.67. The topological polar surface area (TPSA) is 107 Å². The van der Waals surface area contributed by atoms with Crippen LogP contribution in [0.25, 0.3) is 0 Å². The van der Waals surface area contributed by atoms with E-state index in [1.807, 2.05) is 24.6 Å². The van der Waals surface area contributed by atoms with Crippen molar-refractivity contribution in [3.8, 4) is 6.07 Å². The Morgan fingerprint density at radius 3 is 2.40 bits per heavy atom. The van der Waals surface area contributed by atoms with Gasteiger partial charge in [-0.25, -0.2) is 8.42 Å². The van der Waals surface area contributed by atoms with Gasteiger partial charge in [-0.1, -0.05) is 0 Å². The van der Waals surface area contributed by atoms with Crippen LogP contribution in [0, 0.1) is 18.3 Å². The fourth-order valence-electron chi connectivity index (χ4n) is 3.67. The summed E-state index contributed by atoms with van der Waals surface area (Å²) in [6.07, 6.45) is 1.44. The van der Waals surface area contributed by atoms with E-state index in [2.05, 4.69) is 16.7 Å². The summed E-state index contributed by atoms with van der Waals surface area (Å²) >= 11 is 0. The van der Waals surface area contributed by atoms with Crippen molar-refractivity contribution in [2.24, 2.45) is 7.05 Å². The lowest BCUT2D eigenvalue weighted by Gasteiger charge is -2.31.